The van der Waals surface area contributed by atoms with Crippen molar-refractivity contribution in [2.75, 3.05) is 0 Å². The first-order valence-electron chi connectivity index (χ1n) is 18.6. The van der Waals surface area contributed by atoms with E-state index in [1.807, 2.05) is 17.4 Å². The summed E-state index contributed by atoms with van der Waals surface area (Å²) in [6.07, 6.45) is 0. The van der Waals surface area contributed by atoms with Gasteiger partial charge in [-0.3, -0.25) is 0 Å². The molecule has 0 saturated heterocycles. The molecule has 2 heterocycles. The van der Waals surface area contributed by atoms with Crippen molar-refractivity contribution in [3.05, 3.63) is 194 Å². The van der Waals surface area contributed by atoms with Gasteiger partial charge in [-0.1, -0.05) is 140 Å². The number of hydrogen-bond donors (Lipinski definition) is 0. The van der Waals surface area contributed by atoms with Crippen LogP contribution in [0.3, 0.4) is 0 Å². The van der Waals surface area contributed by atoms with Crippen molar-refractivity contribution in [2.24, 2.45) is 0 Å². The summed E-state index contributed by atoms with van der Waals surface area (Å²) in [7, 11) is 0. The molecular weight excluding hydrogens is 685 g/mol. The average Bonchev–Trinajstić information content (AvgIpc) is 3.64. The van der Waals surface area contributed by atoms with Crippen LogP contribution in [0.1, 0.15) is 0 Å². The molecule has 0 aliphatic heterocycles. The summed E-state index contributed by atoms with van der Waals surface area (Å²) in [5.41, 5.74) is 9.51. The molecule has 3 heteroatoms. The Morgan fingerprint density at radius 3 is 1.65 bits per heavy atom. The van der Waals surface area contributed by atoms with Gasteiger partial charge in [-0.15, -0.1) is 11.3 Å². The van der Waals surface area contributed by atoms with E-state index in [1.165, 1.54) is 63.6 Å². The van der Waals surface area contributed by atoms with Gasteiger partial charge < -0.3 is 0 Å². The summed E-state index contributed by atoms with van der Waals surface area (Å²) in [6.45, 7) is 0. The molecule has 0 N–H and O–H groups in total. The van der Waals surface area contributed by atoms with Crippen LogP contribution in [0.25, 0.3) is 109 Å². The predicted molar refractivity (Wildman–Crippen MR) is 235 cm³/mol. The van der Waals surface area contributed by atoms with Crippen molar-refractivity contribution in [1.82, 2.24) is 9.97 Å². The molecule has 0 fully saturated rings. The van der Waals surface area contributed by atoms with E-state index in [9.17, 15) is 0 Å². The van der Waals surface area contributed by atoms with Crippen LogP contribution >= 0.6 is 11.3 Å². The van der Waals surface area contributed by atoms with Crippen molar-refractivity contribution in [2.45, 2.75) is 0 Å². The molecule has 0 aliphatic rings. The molecule has 11 aromatic rings. The average molecular weight is 717 g/mol. The number of aromatic nitrogens is 2. The van der Waals surface area contributed by atoms with Crippen molar-refractivity contribution >= 4 is 63.8 Å². The molecule has 0 spiro atoms. The van der Waals surface area contributed by atoms with E-state index < -0.39 is 0 Å². The second-order valence-corrected chi connectivity index (χ2v) is 15.3. The minimum Gasteiger partial charge on any atom is -0.228 e. The highest BCUT2D eigenvalue weighted by molar-refractivity contribution is 7.25. The Morgan fingerprint density at radius 1 is 0.273 bits per heavy atom. The van der Waals surface area contributed by atoms with Gasteiger partial charge in [0.15, 0.2) is 5.82 Å². The maximum Gasteiger partial charge on any atom is 0.160 e. The molecule has 0 saturated carbocycles. The summed E-state index contributed by atoms with van der Waals surface area (Å²) < 4.78 is 2.61. The molecule has 0 amide bonds. The van der Waals surface area contributed by atoms with E-state index in [1.54, 1.807) is 0 Å². The fourth-order valence-electron chi connectivity index (χ4n) is 8.00. The predicted octanol–water partition coefficient (Wildman–Crippen LogP) is 14.6. The molecule has 11 rings (SSSR count). The number of rotatable bonds is 5. The van der Waals surface area contributed by atoms with Crippen LogP contribution in [-0.2, 0) is 0 Å². The van der Waals surface area contributed by atoms with Crippen LogP contribution in [0, 0.1) is 0 Å². The third-order valence-corrected chi connectivity index (χ3v) is 12.0. The number of thiophene rings is 1. The largest absolute Gasteiger partial charge is 0.228 e. The fourth-order valence-corrected chi connectivity index (χ4v) is 9.09. The Kier molecular flexibility index (Phi) is 7.39. The second kappa shape index (κ2) is 12.9. The van der Waals surface area contributed by atoms with E-state index in [-0.39, 0.29) is 0 Å². The highest BCUT2D eigenvalue weighted by Gasteiger charge is 2.16. The maximum absolute atomic E-state index is 5.30. The topological polar surface area (TPSA) is 25.8 Å². The van der Waals surface area contributed by atoms with Gasteiger partial charge in [0.05, 0.1) is 11.4 Å². The number of fused-ring (bicyclic) bond motifs is 7. The van der Waals surface area contributed by atoms with Crippen molar-refractivity contribution in [3.63, 3.8) is 0 Å². The highest BCUT2D eigenvalue weighted by Crippen LogP contribution is 2.40. The molecule has 0 radical (unpaired) electrons. The first-order chi connectivity index (χ1) is 27.2. The Labute approximate surface area is 322 Å². The Balaban J connectivity index is 1.14. The summed E-state index contributed by atoms with van der Waals surface area (Å²) in [6, 6.07) is 70.0. The highest BCUT2D eigenvalue weighted by atomic mass is 32.1. The van der Waals surface area contributed by atoms with Crippen LogP contribution in [0.2, 0.25) is 0 Å². The van der Waals surface area contributed by atoms with Gasteiger partial charge in [0, 0.05) is 36.9 Å². The zero-order chi connectivity index (χ0) is 36.3. The zero-order valence-electron chi connectivity index (χ0n) is 29.8. The lowest BCUT2D eigenvalue weighted by molar-refractivity contribution is 1.18. The van der Waals surface area contributed by atoms with E-state index >= 15 is 0 Å². The van der Waals surface area contributed by atoms with E-state index in [2.05, 4.69) is 188 Å². The van der Waals surface area contributed by atoms with E-state index in [0.717, 1.165) is 39.2 Å². The van der Waals surface area contributed by atoms with Crippen molar-refractivity contribution < 1.29 is 0 Å². The quantitative estimate of drug-likeness (QED) is 0.166. The minimum absolute atomic E-state index is 0.704. The van der Waals surface area contributed by atoms with Crippen LogP contribution < -0.4 is 0 Å². The summed E-state index contributed by atoms with van der Waals surface area (Å²) in [4.78, 5) is 10.5. The number of nitrogens with zero attached hydrogens (tertiary/aromatic N) is 2. The molecule has 2 nitrogen and oxygen atoms in total. The smallest absolute Gasteiger partial charge is 0.160 e. The van der Waals surface area contributed by atoms with E-state index in [4.69, 9.17) is 9.97 Å². The fraction of sp³-hybridized carbons (Fsp3) is 0. The third-order valence-electron chi connectivity index (χ3n) is 10.8. The molecule has 0 atom stereocenters. The normalized spacial score (nSPS) is 11.6. The minimum atomic E-state index is 0.704. The van der Waals surface area contributed by atoms with Gasteiger partial charge in [-0.2, -0.15) is 0 Å². The van der Waals surface area contributed by atoms with Crippen LogP contribution in [0.15, 0.2) is 194 Å². The van der Waals surface area contributed by atoms with Crippen LogP contribution in [-0.4, -0.2) is 9.97 Å². The molecule has 2 aromatic heterocycles. The van der Waals surface area contributed by atoms with Crippen molar-refractivity contribution in [1.29, 1.82) is 0 Å². The van der Waals surface area contributed by atoms with Gasteiger partial charge >= 0.3 is 0 Å². The van der Waals surface area contributed by atoms with Crippen LogP contribution in [0.4, 0.5) is 0 Å². The SMILES string of the molecule is c1ccc(-c2nc(-c3cc(-c4ccc5ccccc5c4)cc(-c4ccc5sc6ccccc6c5c4)c3)cc(-c3ccc4ccc5ccccc5c4c3)n2)cc1. The first-order valence-corrected chi connectivity index (χ1v) is 19.4. The van der Waals surface area contributed by atoms with Gasteiger partial charge in [-0.05, 0) is 109 Å². The van der Waals surface area contributed by atoms with Gasteiger partial charge in [0.2, 0.25) is 0 Å². The number of hydrogen-bond acceptors (Lipinski definition) is 3. The Bertz CT molecular complexity index is 3270. The molecule has 0 aliphatic carbocycles. The van der Waals surface area contributed by atoms with E-state index in [0.29, 0.717) is 5.82 Å². The Hall–Kier alpha value is -6.94. The summed E-state index contributed by atoms with van der Waals surface area (Å²) in [5.74, 6) is 0.704. The van der Waals surface area contributed by atoms with Gasteiger partial charge in [-0.25, -0.2) is 9.97 Å². The summed E-state index contributed by atoms with van der Waals surface area (Å²) >= 11 is 1.85. The van der Waals surface area contributed by atoms with Crippen LogP contribution in [0.5, 0.6) is 0 Å². The standard InChI is InChI=1S/C52H32N2S/c1-2-12-36(13-3-1)52-53-48(40-23-21-35-20-19-34-11-6-7-15-44(34)46(35)31-40)32-49(54-52)43-28-41(38-22-18-33-10-4-5-14-37(33)26-38)27-42(29-43)39-24-25-51-47(30-39)45-16-8-9-17-50(45)55-51/h1-32H. The Morgan fingerprint density at radius 2 is 0.818 bits per heavy atom. The van der Waals surface area contributed by atoms with Gasteiger partial charge in [0.1, 0.15) is 0 Å². The molecule has 0 unspecified atom stereocenters. The summed E-state index contributed by atoms with van der Waals surface area (Å²) in [5, 5.41) is 9.93. The first kappa shape index (κ1) is 31.6. The maximum atomic E-state index is 5.30. The third kappa shape index (κ3) is 5.65. The molecule has 55 heavy (non-hydrogen) atoms. The van der Waals surface area contributed by atoms with Crippen molar-refractivity contribution in [3.8, 4) is 56.2 Å². The number of benzene rings is 9. The lowest BCUT2D eigenvalue weighted by Gasteiger charge is -2.14. The lowest BCUT2D eigenvalue weighted by atomic mass is 9.93. The molecule has 256 valence electrons. The lowest BCUT2D eigenvalue weighted by Crippen LogP contribution is -1.96. The second-order valence-electron chi connectivity index (χ2n) is 14.2. The molecular formula is C52H32N2S. The molecule has 0 bridgehead atoms. The monoisotopic (exact) mass is 716 g/mol. The zero-order valence-corrected chi connectivity index (χ0v) is 30.6. The molecule has 9 aromatic carbocycles. The van der Waals surface area contributed by atoms with Gasteiger partial charge in [0.25, 0.3) is 0 Å².